The van der Waals surface area contributed by atoms with Gasteiger partial charge in [0.15, 0.2) is 11.4 Å². The Balaban J connectivity index is 1.33. The Bertz CT molecular complexity index is 1320. The highest BCUT2D eigenvalue weighted by Crippen LogP contribution is 2.27. The first kappa shape index (κ1) is 23.3. The van der Waals surface area contributed by atoms with Crippen molar-refractivity contribution in [3.8, 4) is 0 Å². The predicted octanol–water partition coefficient (Wildman–Crippen LogP) is 5.42. The van der Waals surface area contributed by atoms with Crippen LogP contribution < -0.4 is 10.6 Å². The van der Waals surface area contributed by atoms with Gasteiger partial charge in [0.1, 0.15) is 11.3 Å². The second-order valence-corrected chi connectivity index (χ2v) is 8.38. The van der Waals surface area contributed by atoms with Crippen LogP contribution >= 0.6 is 11.6 Å². The summed E-state index contributed by atoms with van der Waals surface area (Å²) >= 11 is 6.17. The van der Waals surface area contributed by atoms with Crippen molar-refractivity contribution >= 4 is 52.0 Å². The van der Waals surface area contributed by atoms with E-state index in [0.717, 1.165) is 11.1 Å². The Kier molecular flexibility index (Phi) is 7.08. The van der Waals surface area contributed by atoms with Crippen LogP contribution in [0.3, 0.4) is 0 Å². The van der Waals surface area contributed by atoms with Crippen LogP contribution in [0.4, 0.5) is 17.5 Å². The monoisotopic (exact) mass is 478 g/mol. The van der Waals surface area contributed by atoms with Gasteiger partial charge in [0, 0.05) is 12.6 Å². The minimum Gasteiger partial charge on any atom is -0.481 e. The Labute approximate surface area is 201 Å². The van der Waals surface area contributed by atoms with Gasteiger partial charge in [-0.3, -0.25) is 9.59 Å². The van der Waals surface area contributed by atoms with E-state index in [1.165, 1.54) is 0 Å². The molecule has 0 aliphatic rings. The molecular formula is C25H23ClN4O4. The van der Waals surface area contributed by atoms with Gasteiger partial charge < -0.3 is 20.2 Å². The molecular weight excluding hydrogens is 456 g/mol. The summed E-state index contributed by atoms with van der Waals surface area (Å²) in [6.45, 7) is 1.95. The smallest absolute Gasteiger partial charge is 0.303 e. The lowest BCUT2D eigenvalue weighted by Crippen LogP contribution is -2.16. The lowest BCUT2D eigenvalue weighted by molar-refractivity contribution is -0.137. The van der Waals surface area contributed by atoms with E-state index in [1.54, 1.807) is 24.4 Å². The molecule has 4 aromatic rings. The van der Waals surface area contributed by atoms with Gasteiger partial charge in [0.05, 0.1) is 23.7 Å². The fraction of sp³-hybridized carbons (Fsp3) is 0.200. The predicted molar refractivity (Wildman–Crippen MR) is 131 cm³/mol. The fourth-order valence-electron chi connectivity index (χ4n) is 3.47. The average Bonchev–Trinajstić information content (AvgIpc) is 3.21. The molecule has 4 rings (SSSR count). The summed E-state index contributed by atoms with van der Waals surface area (Å²) in [6, 6.07) is 16.6. The molecule has 0 aliphatic carbocycles. The van der Waals surface area contributed by atoms with Crippen LogP contribution in [0.2, 0.25) is 5.02 Å². The standard InChI is InChI=1S/C25H23ClN4O4/c1-15(10-24(32)33)17-7-9-23(27-13-17)28-14-18(31)11-16-6-8-21-22(12-16)34-25(30-21)29-20-5-3-2-4-19(20)26/h2-9,12-13,15H,10-11,14H2,1H3,(H,27,28)(H,29,30)(H,32,33). The van der Waals surface area contributed by atoms with E-state index in [4.69, 9.17) is 21.1 Å². The molecule has 1 unspecified atom stereocenters. The molecule has 8 nitrogen and oxygen atoms in total. The summed E-state index contributed by atoms with van der Waals surface area (Å²) in [5.74, 6) is -0.442. The van der Waals surface area contributed by atoms with Crippen LogP contribution in [0.1, 0.15) is 30.4 Å². The number of aliphatic carboxylic acids is 1. The molecule has 34 heavy (non-hydrogen) atoms. The zero-order valence-corrected chi connectivity index (χ0v) is 19.2. The van der Waals surface area contributed by atoms with E-state index in [0.29, 0.717) is 33.6 Å². The summed E-state index contributed by atoms with van der Waals surface area (Å²) in [7, 11) is 0. The number of oxazole rings is 1. The number of nitrogens with zero attached hydrogens (tertiary/aromatic N) is 2. The van der Waals surface area contributed by atoms with Crippen LogP contribution in [0.5, 0.6) is 0 Å². The zero-order valence-electron chi connectivity index (χ0n) is 18.4. The molecule has 2 heterocycles. The minimum atomic E-state index is -0.850. The number of anilines is 3. The van der Waals surface area contributed by atoms with Crippen LogP contribution in [0.15, 0.2) is 65.2 Å². The highest BCUT2D eigenvalue weighted by Gasteiger charge is 2.12. The van der Waals surface area contributed by atoms with E-state index in [2.05, 4.69) is 20.6 Å². The summed E-state index contributed by atoms with van der Waals surface area (Å²) in [6.07, 6.45) is 1.90. The average molecular weight is 479 g/mol. The first-order chi connectivity index (χ1) is 16.4. The highest BCUT2D eigenvalue weighted by molar-refractivity contribution is 6.33. The number of halogens is 1. The number of fused-ring (bicyclic) bond motifs is 1. The van der Waals surface area contributed by atoms with Crippen molar-refractivity contribution < 1.29 is 19.1 Å². The number of carboxylic acid groups (broad SMARTS) is 1. The first-order valence-electron chi connectivity index (χ1n) is 10.7. The number of Topliss-reactive ketones (excluding diaryl/α,β-unsaturated/α-hetero) is 1. The molecule has 9 heteroatoms. The maximum absolute atomic E-state index is 12.5. The van der Waals surface area contributed by atoms with E-state index in [1.807, 2.05) is 43.3 Å². The van der Waals surface area contributed by atoms with Crippen molar-refractivity contribution in [2.45, 2.75) is 25.7 Å². The molecule has 174 valence electrons. The van der Waals surface area contributed by atoms with Crippen LogP contribution in [0, 0.1) is 0 Å². The van der Waals surface area contributed by atoms with Crippen molar-refractivity contribution in [1.82, 2.24) is 9.97 Å². The molecule has 0 fully saturated rings. The molecule has 0 aliphatic heterocycles. The fourth-order valence-corrected chi connectivity index (χ4v) is 3.65. The molecule has 3 N–H and O–H groups in total. The number of carboxylic acids is 1. The van der Waals surface area contributed by atoms with Crippen molar-refractivity contribution in [1.29, 1.82) is 0 Å². The van der Waals surface area contributed by atoms with Crippen LogP contribution in [0.25, 0.3) is 11.1 Å². The second kappa shape index (κ2) is 10.4. The summed E-state index contributed by atoms with van der Waals surface area (Å²) in [4.78, 5) is 32.0. The van der Waals surface area contributed by atoms with Crippen LogP contribution in [-0.4, -0.2) is 33.4 Å². The van der Waals surface area contributed by atoms with E-state index < -0.39 is 5.97 Å². The van der Waals surface area contributed by atoms with Gasteiger partial charge in [-0.05, 0) is 47.4 Å². The topological polar surface area (TPSA) is 117 Å². The third-order valence-electron chi connectivity index (χ3n) is 5.27. The summed E-state index contributed by atoms with van der Waals surface area (Å²) < 4.78 is 5.78. The highest BCUT2D eigenvalue weighted by atomic mass is 35.5. The van der Waals surface area contributed by atoms with E-state index in [-0.39, 0.29) is 31.1 Å². The number of para-hydroxylation sites is 1. The minimum absolute atomic E-state index is 0.0154. The normalized spacial score (nSPS) is 11.8. The summed E-state index contributed by atoms with van der Waals surface area (Å²) in [5, 5.41) is 15.5. The molecule has 0 bridgehead atoms. The number of rotatable bonds is 10. The van der Waals surface area contributed by atoms with Gasteiger partial charge in [0.2, 0.25) is 0 Å². The number of ketones is 1. The lowest BCUT2D eigenvalue weighted by Gasteiger charge is -2.10. The third kappa shape index (κ3) is 5.90. The van der Waals surface area contributed by atoms with E-state index >= 15 is 0 Å². The number of hydrogen-bond acceptors (Lipinski definition) is 7. The Hall–Kier alpha value is -3.91. The lowest BCUT2D eigenvalue weighted by atomic mass is 10.00. The molecule has 0 amide bonds. The SMILES string of the molecule is CC(CC(=O)O)c1ccc(NCC(=O)Cc2ccc3nc(Nc4ccccc4Cl)oc3c2)nc1. The molecule has 0 saturated carbocycles. The molecule has 1 atom stereocenters. The third-order valence-corrected chi connectivity index (χ3v) is 5.60. The Morgan fingerprint density at radius 1 is 1.15 bits per heavy atom. The van der Waals surface area contributed by atoms with Gasteiger partial charge in [-0.2, -0.15) is 4.98 Å². The number of hydrogen-bond donors (Lipinski definition) is 3. The van der Waals surface area contributed by atoms with Gasteiger partial charge >= 0.3 is 5.97 Å². The number of pyridine rings is 1. The number of aromatic nitrogens is 2. The number of nitrogens with one attached hydrogen (secondary N) is 2. The molecule has 0 spiro atoms. The largest absolute Gasteiger partial charge is 0.481 e. The zero-order chi connectivity index (χ0) is 24.1. The van der Waals surface area contributed by atoms with Gasteiger partial charge in [-0.25, -0.2) is 4.98 Å². The number of carbonyl (C=O) groups is 2. The van der Waals surface area contributed by atoms with Crippen LogP contribution in [-0.2, 0) is 16.0 Å². The first-order valence-corrected chi connectivity index (χ1v) is 11.1. The molecule has 2 aromatic carbocycles. The molecule has 0 radical (unpaired) electrons. The van der Waals surface area contributed by atoms with Gasteiger partial charge in [0.25, 0.3) is 6.01 Å². The second-order valence-electron chi connectivity index (χ2n) is 7.97. The van der Waals surface area contributed by atoms with Crippen molar-refractivity contribution in [3.05, 3.63) is 76.9 Å². The van der Waals surface area contributed by atoms with E-state index in [9.17, 15) is 9.59 Å². The van der Waals surface area contributed by atoms with Gasteiger partial charge in [-0.15, -0.1) is 0 Å². The maximum atomic E-state index is 12.5. The molecule has 2 aromatic heterocycles. The quantitative estimate of drug-likeness (QED) is 0.276. The van der Waals surface area contributed by atoms with Crippen molar-refractivity contribution in [3.63, 3.8) is 0 Å². The Morgan fingerprint density at radius 3 is 2.71 bits per heavy atom. The number of benzene rings is 2. The maximum Gasteiger partial charge on any atom is 0.303 e. The number of carbonyl (C=O) groups excluding carboxylic acids is 1. The van der Waals surface area contributed by atoms with Crippen molar-refractivity contribution in [2.24, 2.45) is 0 Å². The molecule has 0 saturated heterocycles. The Morgan fingerprint density at radius 2 is 1.97 bits per heavy atom. The summed E-state index contributed by atoms with van der Waals surface area (Å²) in [5.41, 5.74) is 3.58. The van der Waals surface area contributed by atoms with Crippen molar-refractivity contribution in [2.75, 3.05) is 17.2 Å². The van der Waals surface area contributed by atoms with Gasteiger partial charge in [-0.1, -0.05) is 42.8 Å².